The van der Waals surface area contributed by atoms with Crippen LogP contribution in [0, 0.1) is 11.8 Å². The van der Waals surface area contributed by atoms with Crippen LogP contribution >= 0.6 is 0 Å². The summed E-state index contributed by atoms with van der Waals surface area (Å²) in [6.07, 6.45) is 5.01. The van der Waals surface area contributed by atoms with Gasteiger partial charge in [0, 0.05) is 19.4 Å². The van der Waals surface area contributed by atoms with E-state index in [1.165, 1.54) is 6.42 Å². The maximum Gasteiger partial charge on any atom is 0.125 e. The molecular formula is C9H15N3. The van der Waals surface area contributed by atoms with Crippen molar-refractivity contribution in [2.75, 3.05) is 0 Å². The molecule has 3 unspecified atom stereocenters. The van der Waals surface area contributed by atoms with Crippen LogP contribution in [0.15, 0.2) is 12.4 Å². The zero-order valence-electron chi connectivity index (χ0n) is 7.57. The van der Waals surface area contributed by atoms with Gasteiger partial charge in [-0.1, -0.05) is 6.92 Å². The average Bonchev–Trinajstić information content (AvgIpc) is 2.59. The van der Waals surface area contributed by atoms with E-state index in [9.17, 15) is 0 Å². The van der Waals surface area contributed by atoms with Crippen LogP contribution in [0.4, 0.5) is 0 Å². The third-order valence-corrected chi connectivity index (χ3v) is 2.79. The third kappa shape index (κ3) is 1.14. The van der Waals surface area contributed by atoms with Crippen LogP contribution in [-0.2, 0) is 7.05 Å². The van der Waals surface area contributed by atoms with Gasteiger partial charge in [0.15, 0.2) is 0 Å². The maximum atomic E-state index is 6.05. The number of imidazole rings is 1. The summed E-state index contributed by atoms with van der Waals surface area (Å²) in [6, 6.07) is 0.139. The largest absolute Gasteiger partial charge is 0.337 e. The molecule has 1 aromatic heterocycles. The standard InChI is InChI=1S/C9H15N3/c1-6-5-7(6)8(10)9-11-3-4-12(9)2/h3-4,6-8H,5,10H2,1-2H3. The van der Waals surface area contributed by atoms with Crippen molar-refractivity contribution in [2.45, 2.75) is 19.4 Å². The fraction of sp³-hybridized carbons (Fsp3) is 0.667. The molecule has 66 valence electrons. The lowest BCUT2D eigenvalue weighted by Gasteiger charge is -2.09. The number of aryl methyl sites for hydroxylation is 1. The fourth-order valence-electron chi connectivity index (χ4n) is 1.74. The first-order chi connectivity index (χ1) is 5.70. The van der Waals surface area contributed by atoms with Crippen molar-refractivity contribution in [3.05, 3.63) is 18.2 Å². The molecule has 1 saturated carbocycles. The van der Waals surface area contributed by atoms with Crippen molar-refractivity contribution < 1.29 is 0 Å². The van der Waals surface area contributed by atoms with Gasteiger partial charge in [-0.15, -0.1) is 0 Å². The summed E-state index contributed by atoms with van der Waals surface area (Å²) < 4.78 is 2.01. The molecule has 3 heteroatoms. The number of nitrogens with zero attached hydrogens (tertiary/aromatic N) is 2. The lowest BCUT2D eigenvalue weighted by molar-refractivity contribution is 0.542. The minimum absolute atomic E-state index is 0.139. The summed E-state index contributed by atoms with van der Waals surface area (Å²) in [7, 11) is 2.00. The van der Waals surface area contributed by atoms with Gasteiger partial charge in [0.2, 0.25) is 0 Å². The van der Waals surface area contributed by atoms with Gasteiger partial charge in [0.1, 0.15) is 5.82 Å². The summed E-state index contributed by atoms with van der Waals surface area (Å²) in [5, 5.41) is 0. The summed E-state index contributed by atoms with van der Waals surface area (Å²) in [4.78, 5) is 4.25. The average molecular weight is 165 g/mol. The van der Waals surface area contributed by atoms with E-state index in [2.05, 4.69) is 11.9 Å². The van der Waals surface area contributed by atoms with Crippen molar-refractivity contribution in [3.8, 4) is 0 Å². The Morgan fingerprint density at radius 1 is 1.75 bits per heavy atom. The van der Waals surface area contributed by atoms with E-state index in [-0.39, 0.29) is 6.04 Å². The van der Waals surface area contributed by atoms with Gasteiger partial charge in [-0.25, -0.2) is 4.98 Å². The number of aromatic nitrogens is 2. The van der Waals surface area contributed by atoms with Crippen LogP contribution in [0.2, 0.25) is 0 Å². The molecular weight excluding hydrogens is 150 g/mol. The monoisotopic (exact) mass is 165 g/mol. The van der Waals surface area contributed by atoms with Crippen molar-refractivity contribution >= 4 is 0 Å². The second-order valence-corrected chi connectivity index (χ2v) is 3.80. The molecule has 0 saturated heterocycles. The van der Waals surface area contributed by atoms with Crippen molar-refractivity contribution in [1.29, 1.82) is 0 Å². The van der Waals surface area contributed by atoms with E-state index in [1.807, 2.05) is 24.0 Å². The summed E-state index contributed by atoms with van der Waals surface area (Å²) in [6.45, 7) is 2.24. The highest BCUT2D eigenvalue weighted by Crippen LogP contribution is 2.45. The Bertz CT molecular complexity index is 279. The molecule has 0 aliphatic heterocycles. The molecule has 1 heterocycles. The zero-order chi connectivity index (χ0) is 8.72. The molecule has 1 aliphatic rings. The first kappa shape index (κ1) is 7.80. The van der Waals surface area contributed by atoms with Crippen molar-refractivity contribution in [3.63, 3.8) is 0 Å². The van der Waals surface area contributed by atoms with Gasteiger partial charge in [-0.05, 0) is 18.3 Å². The lowest BCUT2D eigenvalue weighted by Crippen LogP contribution is -2.17. The summed E-state index contributed by atoms with van der Waals surface area (Å²) in [5.41, 5.74) is 6.05. The Morgan fingerprint density at radius 3 is 2.83 bits per heavy atom. The van der Waals surface area contributed by atoms with Crippen LogP contribution in [0.25, 0.3) is 0 Å². The molecule has 12 heavy (non-hydrogen) atoms. The van der Waals surface area contributed by atoms with Crippen molar-refractivity contribution in [2.24, 2.45) is 24.6 Å². The molecule has 1 fully saturated rings. The van der Waals surface area contributed by atoms with E-state index < -0.39 is 0 Å². The van der Waals surface area contributed by atoms with Gasteiger partial charge in [-0.2, -0.15) is 0 Å². The molecule has 2 rings (SSSR count). The number of hydrogen-bond donors (Lipinski definition) is 1. The molecule has 0 radical (unpaired) electrons. The van der Waals surface area contributed by atoms with E-state index in [0.29, 0.717) is 5.92 Å². The Kier molecular flexibility index (Phi) is 1.68. The highest BCUT2D eigenvalue weighted by Gasteiger charge is 2.39. The Hall–Kier alpha value is -0.830. The van der Waals surface area contributed by atoms with E-state index in [4.69, 9.17) is 5.73 Å². The van der Waals surface area contributed by atoms with Crippen LogP contribution in [0.5, 0.6) is 0 Å². The summed E-state index contributed by atoms with van der Waals surface area (Å²) in [5.74, 6) is 2.46. The molecule has 1 aliphatic carbocycles. The van der Waals surface area contributed by atoms with Gasteiger partial charge in [0.05, 0.1) is 6.04 Å². The molecule has 0 aromatic carbocycles. The molecule has 3 nitrogen and oxygen atoms in total. The topological polar surface area (TPSA) is 43.8 Å². The molecule has 0 bridgehead atoms. The fourth-order valence-corrected chi connectivity index (χ4v) is 1.74. The predicted molar refractivity (Wildman–Crippen MR) is 47.4 cm³/mol. The Balaban J connectivity index is 2.14. The number of rotatable bonds is 2. The highest BCUT2D eigenvalue weighted by atomic mass is 15.1. The van der Waals surface area contributed by atoms with E-state index in [1.54, 1.807) is 0 Å². The molecule has 2 N–H and O–H groups in total. The number of nitrogens with two attached hydrogens (primary N) is 1. The molecule has 3 atom stereocenters. The van der Waals surface area contributed by atoms with Gasteiger partial charge in [-0.3, -0.25) is 0 Å². The van der Waals surface area contributed by atoms with Gasteiger partial charge in [0.25, 0.3) is 0 Å². The number of hydrogen-bond acceptors (Lipinski definition) is 2. The summed E-state index contributed by atoms with van der Waals surface area (Å²) >= 11 is 0. The van der Waals surface area contributed by atoms with Crippen molar-refractivity contribution in [1.82, 2.24) is 9.55 Å². The minimum atomic E-state index is 0.139. The molecule has 1 aromatic rings. The highest BCUT2D eigenvalue weighted by molar-refractivity contribution is 5.05. The van der Waals surface area contributed by atoms with E-state index in [0.717, 1.165) is 11.7 Å². The van der Waals surface area contributed by atoms with Crippen LogP contribution in [0.3, 0.4) is 0 Å². The first-order valence-electron chi connectivity index (χ1n) is 4.43. The third-order valence-electron chi connectivity index (χ3n) is 2.79. The Morgan fingerprint density at radius 2 is 2.42 bits per heavy atom. The van der Waals surface area contributed by atoms with Crippen LogP contribution < -0.4 is 5.73 Å². The van der Waals surface area contributed by atoms with Gasteiger partial charge < -0.3 is 10.3 Å². The maximum absolute atomic E-state index is 6.05. The first-order valence-corrected chi connectivity index (χ1v) is 4.43. The lowest BCUT2D eigenvalue weighted by atomic mass is 10.1. The SMILES string of the molecule is CC1CC1C(N)c1nccn1C. The molecule has 0 amide bonds. The molecule has 0 spiro atoms. The second kappa shape index (κ2) is 2.59. The quantitative estimate of drug-likeness (QED) is 0.712. The Labute approximate surface area is 72.6 Å². The van der Waals surface area contributed by atoms with Gasteiger partial charge >= 0.3 is 0 Å². The predicted octanol–water partition coefficient (Wildman–Crippen LogP) is 1.08. The van der Waals surface area contributed by atoms with Crippen LogP contribution in [0.1, 0.15) is 25.2 Å². The second-order valence-electron chi connectivity index (χ2n) is 3.80. The smallest absolute Gasteiger partial charge is 0.125 e. The minimum Gasteiger partial charge on any atom is -0.337 e. The normalized spacial score (nSPS) is 30.2. The zero-order valence-corrected chi connectivity index (χ0v) is 7.57. The van der Waals surface area contributed by atoms with Crippen LogP contribution in [-0.4, -0.2) is 9.55 Å². The van der Waals surface area contributed by atoms with E-state index >= 15 is 0 Å².